The van der Waals surface area contributed by atoms with E-state index in [4.69, 9.17) is 16.3 Å². The second-order valence-corrected chi connectivity index (χ2v) is 4.94. The van der Waals surface area contributed by atoms with Crippen LogP contribution >= 0.6 is 11.6 Å². The summed E-state index contributed by atoms with van der Waals surface area (Å²) >= 11 is 5.90. The Morgan fingerprint density at radius 3 is 2.40 bits per heavy atom. The van der Waals surface area contributed by atoms with Crippen molar-refractivity contribution in [1.82, 2.24) is 0 Å². The molecular formula is C16H15ClO3. The molecule has 0 aromatic heterocycles. The molecule has 0 aliphatic heterocycles. The second kappa shape index (κ2) is 6.07. The number of benzene rings is 2. The number of ether oxygens (including phenoxy) is 1. The molecule has 0 spiro atoms. The zero-order valence-corrected chi connectivity index (χ0v) is 12.0. The van der Waals surface area contributed by atoms with Gasteiger partial charge in [-0.1, -0.05) is 41.9 Å². The van der Waals surface area contributed by atoms with Gasteiger partial charge in [0.05, 0.1) is 0 Å². The van der Waals surface area contributed by atoms with E-state index in [2.05, 4.69) is 0 Å². The van der Waals surface area contributed by atoms with Crippen LogP contribution in [0.3, 0.4) is 0 Å². The number of methoxy groups -OCH3 is 1. The topological polar surface area (TPSA) is 46.5 Å². The van der Waals surface area contributed by atoms with Crippen molar-refractivity contribution in [2.45, 2.75) is 13.0 Å². The molecule has 0 saturated heterocycles. The van der Waals surface area contributed by atoms with Crippen molar-refractivity contribution in [3.63, 3.8) is 0 Å². The third-order valence-corrected chi connectivity index (χ3v) is 3.43. The second-order valence-electron chi connectivity index (χ2n) is 4.50. The molecule has 2 aromatic carbocycles. The Bertz CT molecular complexity index is 620. The molecule has 0 heterocycles. The van der Waals surface area contributed by atoms with E-state index in [1.54, 1.807) is 18.2 Å². The summed E-state index contributed by atoms with van der Waals surface area (Å²) in [4.78, 5) is 11.3. The van der Waals surface area contributed by atoms with Crippen LogP contribution in [0.5, 0.6) is 0 Å². The molecule has 1 atom stereocenters. The van der Waals surface area contributed by atoms with E-state index in [-0.39, 0.29) is 0 Å². The van der Waals surface area contributed by atoms with Gasteiger partial charge in [-0.25, -0.2) is 4.79 Å². The first-order chi connectivity index (χ1) is 9.54. The molecule has 0 saturated carbocycles. The summed E-state index contributed by atoms with van der Waals surface area (Å²) in [5, 5.41) is 9.93. The van der Waals surface area contributed by atoms with E-state index in [1.165, 1.54) is 7.11 Å². The summed E-state index contributed by atoms with van der Waals surface area (Å²) in [5.41, 5.74) is 3.43. The largest absolute Gasteiger partial charge is 0.479 e. The Balaban J connectivity index is 2.62. The van der Waals surface area contributed by atoms with Gasteiger partial charge < -0.3 is 9.84 Å². The Hall–Kier alpha value is -1.84. The van der Waals surface area contributed by atoms with Gasteiger partial charge in [-0.2, -0.15) is 0 Å². The van der Waals surface area contributed by atoms with E-state index in [0.29, 0.717) is 10.6 Å². The van der Waals surface area contributed by atoms with E-state index >= 15 is 0 Å². The number of hydrogen-bond donors (Lipinski definition) is 1. The lowest BCUT2D eigenvalue weighted by atomic mass is 9.92. The van der Waals surface area contributed by atoms with Crippen molar-refractivity contribution in [1.29, 1.82) is 0 Å². The molecule has 0 fully saturated rings. The van der Waals surface area contributed by atoms with Gasteiger partial charge in [0.25, 0.3) is 0 Å². The van der Waals surface area contributed by atoms with Crippen LogP contribution in [0.1, 0.15) is 17.2 Å². The number of carboxylic acid groups (broad SMARTS) is 1. The van der Waals surface area contributed by atoms with Crippen LogP contribution in [0.2, 0.25) is 5.02 Å². The Kier molecular flexibility index (Phi) is 4.42. The fraction of sp³-hybridized carbons (Fsp3) is 0.188. The summed E-state index contributed by atoms with van der Waals surface area (Å²) in [6, 6.07) is 12.9. The fourth-order valence-corrected chi connectivity index (χ4v) is 2.41. The van der Waals surface area contributed by atoms with Gasteiger partial charge in [-0.05, 0) is 35.7 Å². The molecular weight excluding hydrogens is 276 g/mol. The first-order valence-electron chi connectivity index (χ1n) is 6.15. The third-order valence-electron chi connectivity index (χ3n) is 3.18. The third kappa shape index (κ3) is 2.84. The van der Waals surface area contributed by atoms with E-state index in [1.807, 2.05) is 31.2 Å². The van der Waals surface area contributed by atoms with Crippen molar-refractivity contribution in [2.75, 3.05) is 7.11 Å². The molecule has 0 bridgehead atoms. The monoisotopic (exact) mass is 290 g/mol. The van der Waals surface area contributed by atoms with Crippen LogP contribution in [-0.2, 0) is 9.53 Å². The minimum absolute atomic E-state index is 0.641. The number of rotatable bonds is 4. The van der Waals surface area contributed by atoms with Crippen molar-refractivity contribution in [3.8, 4) is 11.1 Å². The molecule has 0 amide bonds. The Morgan fingerprint density at radius 2 is 1.85 bits per heavy atom. The predicted octanol–water partition coefficient (Wildman–Crippen LogP) is 4.09. The summed E-state index contributed by atoms with van der Waals surface area (Å²) in [5.74, 6) is -1.01. The highest BCUT2D eigenvalue weighted by molar-refractivity contribution is 6.30. The molecule has 0 aliphatic carbocycles. The minimum Gasteiger partial charge on any atom is -0.479 e. The van der Waals surface area contributed by atoms with Gasteiger partial charge in [-0.3, -0.25) is 0 Å². The predicted molar refractivity (Wildman–Crippen MR) is 79.0 cm³/mol. The van der Waals surface area contributed by atoms with Crippen molar-refractivity contribution in [2.24, 2.45) is 0 Å². The van der Waals surface area contributed by atoms with Crippen LogP contribution in [-0.4, -0.2) is 18.2 Å². The van der Waals surface area contributed by atoms with Crippen LogP contribution < -0.4 is 0 Å². The number of carbonyl (C=O) groups is 1. The van der Waals surface area contributed by atoms with Crippen LogP contribution in [0.25, 0.3) is 11.1 Å². The van der Waals surface area contributed by atoms with Crippen molar-refractivity contribution >= 4 is 17.6 Å². The molecule has 4 heteroatoms. The highest BCUT2D eigenvalue weighted by Crippen LogP contribution is 2.33. The molecule has 2 rings (SSSR count). The van der Waals surface area contributed by atoms with Crippen LogP contribution in [0, 0.1) is 6.92 Å². The maximum absolute atomic E-state index is 11.3. The summed E-state index contributed by atoms with van der Waals surface area (Å²) in [6.07, 6.45) is -0.986. The van der Waals surface area contributed by atoms with Gasteiger partial charge >= 0.3 is 5.97 Å². The lowest BCUT2D eigenvalue weighted by Crippen LogP contribution is -2.14. The SMILES string of the molecule is COC(C(=O)O)c1cccc(C)c1-c1ccc(Cl)cc1. The number of aryl methyl sites for hydroxylation is 1. The first kappa shape index (κ1) is 14.6. The van der Waals surface area contributed by atoms with Gasteiger partial charge in [0.1, 0.15) is 0 Å². The lowest BCUT2D eigenvalue weighted by molar-refractivity contribution is -0.148. The van der Waals surface area contributed by atoms with Gasteiger partial charge in [-0.15, -0.1) is 0 Å². The quantitative estimate of drug-likeness (QED) is 0.922. The Labute approximate surface area is 122 Å². The van der Waals surface area contributed by atoms with E-state index < -0.39 is 12.1 Å². The van der Waals surface area contributed by atoms with Crippen LogP contribution in [0.4, 0.5) is 0 Å². The maximum Gasteiger partial charge on any atom is 0.337 e. The molecule has 104 valence electrons. The lowest BCUT2D eigenvalue weighted by Gasteiger charge is -2.18. The number of halogens is 1. The first-order valence-corrected chi connectivity index (χ1v) is 6.53. The standard InChI is InChI=1S/C16H15ClO3/c1-10-4-3-5-13(15(20-2)16(18)19)14(10)11-6-8-12(17)9-7-11/h3-9,15H,1-2H3,(H,18,19). The average Bonchev–Trinajstić information content (AvgIpc) is 2.41. The smallest absolute Gasteiger partial charge is 0.337 e. The highest BCUT2D eigenvalue weighted by Gasteiger charge is 2.23. The Morgan fingerprint density at radius 1 is 1.20 bits per heavy atom. The summed E-state index contributed by atoms with van der Waals surface area (Å²) in [7, 11) is 1.40. The van der Waals surface area contributed by atoms with E-state index in [0.717, 1.165) is 16.7 Å². The number of aliphatic carboxylic acids is 1. The normalized spacial score (nSPS) is 12.2. The number of carboxylic acids is 1. The highest BCUT2D eigenvalue weighted by atomic mass is 35.5. The summed E-state index contributed by atoms with van der Waals surface area (Å²) < 4.78 is 5.11. The molecule has 0 radical (unpaired) electrons. The maximum atomic E-state index is 11.3. The molecule has 1 unspecified atom stereocenters. The van der Waals surface area contributed by atoms with Crippen molar-refractivity contribution in [3.05, 3.63) is 58.6 Å². The fourth-order valence-electron chi connectivity index (χ4n) is 2.28. The van der Waals surface area contributed by atoms with Gasteiger partial charge in [0.2, 0.25) is 0 Å². The average molecular weight is 291 g/mol. The van der Waals surface area contributed by atoms with Gasteiger partial charge in [0.15, 0.2) is 6.10 Å². The van der Waals surface area contributed by atoms with Crippen molar-refractivity contribution < 1.29 is 14.6 Å². The van der Waals surface area contributed by atoms with E-state index in [9.17, 15) is 9.90 Å². The molecule has 2 aromatic rings. The molecule has 20 heavy (non-hydrogen) atoms. The van der Waals surface area contributed by atoms with Crippen LogP contribution in [0.15, 0.2) is 42.5 Å². The molecule has 3 nitrogen and oxygen atoms in total. The molecule has 0 aliphatic rings. The van der Waals surface area contributed by atoms with Gasteiger partial charge in [0, 0.05) is 17.7 Å². The zero-order valence-electron chi connectivity index (χ0n) is 11.3. The molecule has 1 N–H and O–H groups in total. The number of hydrogen-bond acceptors (Lipinski definition) is 2. The summed E-state index contributed by atoms with van der Waals surface area (Å²) in [6.45, 7) is 1.95. The minimum atomic E-state index is -1.01. The zero-order chi connectivity index (χ0) is 14.7.